The Kier molecular flexibility index (Phi) is 5.17. The summed E-state index contributed by atoms with van der Waals surface area (Å²) in [6.07, 6.45) is 0.983. The third-order valence-electron chi connectivity index (χ3n) is 2.52. The molecular weight excluding hydrogens is 264 g/mol. The topological polar surface area (TPSA) is 44.8 Å². The van der Waals surface area contributed by atoms with Crippen molar-refractivity contribution >= 4 is 22.6 Å². The summed E-state index contributed by atoms with van der Waals surface area (Å²) in [7, 11) is -3.21. The van der Waals surface area contributed by atoms with E-state index in [-0.39, 0.29) is 18.2 Å². The third kappa shape index (κ3) is 6.13. The number of hydrogen-bond acceptors (Lipinski definition) is 4. The van der Waals surface area contributed by atoms with Gasteiger partial charge in [-0.05, 0) is 45.7 Å². The maximum Gasteiger partial charge on any atom is 0.306 e. The minimum Gasteiger partial charge on any atom is -0.457 e. The van der Waals surface area contributed by atoms with Crippen molar-refractivity contribution in [2.24, 2.45) is 0 Å². The van der Waals surface area contributed by atoms with E-state index in [1.54, 1.807) is 0 Å². The predicted molar refractivity (Wildman–Crippen MR) is 76.6 cm³/mol. The van der Waals surface area contributed by atoms with Gasteiger partial charge in [0.05, 0.1) is 12.7 Å². The maximum atomic E-state index is 11.4. The molecule has 1 saturated heterocycles. The lowest BCUT2D eigenvalue weighted by molar-refractivity contribution is -0.165. The van der Waals surface area contributed by atoms with Crippen molar-refractivity contribution in [3.8, 4) is 0 Å². The number of carbonyl (C=O) groups is 1. The molecule has 0 radical (unpaired) electrons. The standard InChI is InChI=1S/C12H26O4Si2/c1-17(2,3)14-9-11-10(16-18(4,5)6)7-8-12(13)15-11/h10-11H,7-9H2,1-6H3/t10-,11+/m0/s1. The van der Waals surface area contributed by atoms with Crippen molar-refractivity contribution in [2.45, 2.75) is 64.3 Å². The van der Waals surface area contributed by atoms with Gasteiger partial charge >= 0.3 is 5.97 Å². The summed E-state index contributed by atoms with van der Waals surface area (Å²) >= 11 is 0. The second kappa shape index (κ2) is 5.85. The Morgan fingerprint density at radius 2 is 1.78 bits per heavy atom. The van der Waals surface area contributed by atoms with Gasteiger partial charge in [0.15, 0.2) is 16.6 Å². The summed E-state index contributed by atoms with van der Waals surface area (Å²) in [5, 5.41) is 0. The van der Waals surface area contributed by atoms with Crippen molar-refractivity contribution in [1.29, 1.82) is 0 Å². The Labute approximate surface area is 112 Å². The molecule has 1 fully saturated rings. The largest absolute Gasteiger partial charge is 0.457 e. The van der Waals surface area contributed by atoms with Gasteiger partial charge in [-0.15, -0.1) is 0 Å². The molecule has 0 spiro atoms. The molecule has 0 aromatic carbocycles. The van der Waals surface area contributed by atoms with Crippen molar-refractivity contribution < 1.29 is 18.4 Å². The molecule has 0 unspecified atom stereocenters. The molecule has 0 amide bonds. The monoisotopic (exact) mass is 290 g/mol. The average Bonchev–Trinajstić information content (AvgIpc) is 2.15. The van der Waals surface area contributed by atoms with Gasteiger partial charge in [0.2, 0.25) is 0 Å². The van der Waals surface area contributed by atoms with Crippen LogP contribution in [-0.2, 0) is 18.4 Å². The number of hydrogen-bond donors (Lipinski definition) is 0. The van der Waals surface area contributed by atoms with Crippen molar-refractivity contribution in [2.75, 3.05) is 6.61 Å². The summed E-state index contributed by atoms with van der Waals surface area (Å²) in [6, 6.07) is 0. The summed E-state index contributed by atoms with van der Waals surface area (Å²) in [6.45, 7) is 13.3. The minimum absolute atomic E-state index is 0.00529. The molecule has 1 aliphatic rings. The van der Waals surface area contributed by atoms with Crippen molar-refractivity contribution in [1.82, 2.24) is 0 Å². The normalized spacial score (nSPS) is 26.0. The lowest BCUT2D eigenvalue weighted by atomic mass is 10.1. The van der Waals surface area contributed by atoms with E-state index in [4.69, 9.17) is 13.6 Å². The quantitative estimate of drug-likeness (QED) is 0.577. The second-order valence-electron chi connectivity index (χ2n) is 6.76. The zero-order valence-electron chi connectivity index (χ0n) is 12.4. The van der Waals surface area contributed by atoms with Crippen LogP contribution < -0.4 is 0 Å². The highest BCUT2D eigenvalue weighted by Crippen LogP contribution is 2.23. The number of cyclic esters (lactones) is 1. The Morgan fingerprint density at radius 1 is 1.17 bits per heavy atom. The van der Waals surface area contributed by atoms with E-state index < -0.39 is 16.6 Å². The maximum absolute atomic E-state index is 11.4. The van der Waals surface area contributed by atoms with E-state index >= 15 is 0 Å². The molecule has 4 nitrogen and oxygen atoms in total. The Hall–Kier alpha value is -0.176. The minimum atomic E-state index is -1.62. The molecule has 0 saturated carbocycles. The van der Waals surface area contributed by atoms with Gasteiger partial charge in [-0.2, -0.15) is 0 Å². The summed E-state index contributed by atoms with van der Waals surface area (Å²) in [5.41, 5.74) is 0. The van der Waals surface area contributed by atoms with Gasteiger partial charge in [-0.25, -0.2) is 0 Å². The molecule has 0 aromatic rings. The highest BCUT2D eigenvalue weighted by Gasteiger charge is 2.35. The molecule has 1 rings (SSSR count). The number of carbonyl (C=O) groups excluding carboxylic acids is 1. The molecule has 0 aromatic heterocycles. The number of rotatable bonds is 5. The molecule has 0 N–H and O–H groups in total. The van der Waals surface area contributed by atoms with E-state index in [0.717, 1.165) is 6.42 Å². The van der Waals surface area contributed by atoms with Gasteiger partial charge < -0.3 is 13.6 Å². The van der Waals surface area contributed by atoms with Crippen molar-refractivity contribution in [3.05, 3.63) is 0 Å². The first kappa shape index (κ1) is 15.9. The zero-order chi connectivity index (χ0) is 14.0. The van der Waals surface area contributed by atoms with Crippen LogP contribution in [0.3, 0.4) is 0 Å². The van der Waals surface area contributed by atoms with E-state index in [2.05, 4.69) is 39.3 Å². The van der Waals surface area contributed by atoms with Crippen molar-refractivity contribution in [3.63, 3.8) is 0 Å². The highest BCUT2D eigenvalue weighted by atomic mass is 28.4. The fraction of sp³-hybridized carbons (Fsp3) is 0.917. The van der Waals surface area contributed by atoms with E-state index in [1.807, 2.05) is 0 Å². The molecule has 106 valence electrons. The van der Waals surface area contributed by atoms with Crippen LogP contribution in [0.5, 0.6) is 0 Å². The van der Waals surface area contributed by atoms with Crippen LogP contribution >= 0.6 is 0 Å². The molecule has 6 heteroatoms. The number of ether oxygens (including phenoxy) is 1. The number of esters is 1. The summed E-state index contributed by atoms with van der Waals surface area (Å²) in [4.78, 5) is 11.4. The fourth-order valence-corrected chi connectivity index (χ4v) is 3.65. The molecule has 1 heterocycles. The van der Waals surface area contributed by atoms with Crippen LogP contribution in [0.25, 0.3) is 0 Å². The van der Waals surface area contributed by atoms with Crippen LogP contribution in [0.1, 0.15) is 12.8 Å². The average molecular weight is 291 g/mol. The van der Waals surface area contributed by atoms with E-state index in [1.165, 1.54) is 0 Å². The third-order valence-corrected chi connectivity index (χ3v) is 4.56. The SMILES string of the molecule is C[Si](C)(C)OC[C@H]1OC(=O)CC[C@@H]1O[Si](C)(C)C. The molecular formula is C12H26O4Si2. The second-order valence-corrected chi connectivity index (χ2v) is 15.7. The lowest BCUT2D eigenvalue weighted by Gasteiger charge is -2.36. The molecule has 2 atom stereocenters. The van der Waals surface area contributed by atoms with Gasteiger partial charge in [0, 0.05) is 6.42 Å². The van der Waals surface area contributed by atoms with Crippen LogP contribution in [0.4, 0.5) is 0 Å². The van der Waals surface area contributed by atoms with Crippen LogP contribution in [0, 0.1) is 0 Å². The van der Waals surface area contributed by atoms with Crippen LogP contribution in [0.2, 0.25) is 39.3 Å². The molecule has 1 aliphatic heterocycles. The highest BCUT2D eigenvalue weighted by molar-refractivity contribution is 6.70. The first-order valence-electron chi connectivity index (χ1n) is 6.58. The van der Waals surface area contributed by atoms with E-state index in [0.29, 0.717) is 13.0 Å². The van der Waals surface area contributed by atoms with Gasteiger partial charge in [0.1, 0.15) is 6.10 Å². The van der Waals surface area contributed by atoms with Gasteiger partial charge in [0.25, 0.3) is 0 Å². The van der Waals surface area contributed by atoms with Crippen LogP contribution in [-0.4, -0.2) is 41.4 Å². The molecule has 18 heavy (non-hydrogen) atoms. The summed E-state index contributed by atoms with van der Waals surface area (Å²) < 4.78 is 17.4. The Bertz CT molecular complexity index is 293. The van der Waals surface area contributed by atoms with Crippen LogP contribution in [0.15, 0.2) is 0 Å². The lowest BCUT2D eigenvalue weighted by Crippen LogP contribution is -2.47. The molecule has 0 aliphatic carbocycles. The smallest absolute Gasteiger partial charge is 0.306 e. The Morgan fingerprint density at radius 3 is 2.28 bits per heavy atom. The van der Waals surface area contributed by atoms with Gasteiger partial charge in [-0.3, -0.25) is 4.79 Å². The van der Waals surface area contributed by atoms with E-state index in [9.17, 15) is 4.79 Å². The predicted octanol–water partition coefficient (Wildman–Crippen LogP) is 2.76. The first-order chi connectivity index (χ1) is 8.07. The molecule has 0 bridgehead atoms. The van der Waals surface area contributed by atoms with Gasteiger partial charge in [-0.1, -0.05) is 0 Å². The fourth-order valence-electron chi connectivity index (χ4n) is 1.81. The zero-order valence-corrected chi connectivity index (χ0v) is 14.4. The Balaban J connectivity index is 2.59. The summed E-state index contributed by atoms with van der Waals surface area (Å²) in [5.74, 6) is -0.130. The first-order valence-corrected chi connectivity index (χ1v) is 13.4.